The van der Waals surface area contributed by atoms with Crippen molar-refractivity contribution in [3.05, 3.63) is 27.9 Å². The molecule has 18 heavy (non-hydrogen) atoms. The smallest absolute Gasteiger partial charge is 0.305 e. The molecule has 1 N–H and O–H groups in total. The molecule has 7 nitrogen and oxygen atoms in total. The van der Waals surface area contributed by atoms with Gasteiger partial charge in [0.25, 0.3) is 0 Å². The van der Waals surface area contributed by atoms with Crippen molar-refractivity contribution in [1.29, 1.82) is 5.26 Å². The second-order valence-corrected chi connectivity index (χ2v) is 3.97. The predicted molar refractivity (Wildman–Crippen MR) is 65.2 cm³/mol. The summed E-state index contributed by atoms with van der Waals surface area (Å²) in [6.07, 6.45) is 0.123. The van der Waals surface area contributed by atoms with Gasteiger partial charge in [0.2, 0.25) is 5.69 Å². The van der Waals surface area contributed by atoms with E-state index in [1.807, 2.05) is 0 Å². The van der Waals surface area contributed by atoms with Gasteiger partial charge in [-0.05, 0) is 19.4 Å². The first kappa shape index (κ1) is 13.9. The van der Waals surface area contributed by atoms with E-state index >= 15 is 0 Å². The van der Waals surface area contributed by atoms with Gasteiger partial charge in [0.1, 0.15) is 11.9 Å². The Kier molecular flexibility index (Phi) is 4.57. The van der Waals surface area contributed by atoms with Crippen molar-refractivity contribution in [3.63, 3.8) is 0 Å². The van der Waals surface area contributed by atoms with Crippen LogP contribution in [0.1, 0.15) is 19.0 Å². The van der Waals surface area contributed by atoms with Crippen molar-refractivity contribution in [1.82, 2.24) is 4.98 Å². The molecule has 0 aliphatic carbocycles. The third-order valence-electron chi connectivity index (χ3n) is 2.44. The zero-order valence-electron chi connectivity index (χ0n) is 10.2. The number of hydrogen-bond donors (Lipinski definition) is 1. The molecule has 0 aliphatic heterocycles. The number of pyridine rings is 1. The molecule has 0 bridgehead atoms. The van der Waals surface area contributed by atoms with Crippen molar-refractivity contribution in [2.24, 2.45) is 0 Å². The second-order valence-electron chi connectivity index (χ2n) is 3.97. The van der Waals surface area contributed by atoms with Crippen LogP contribution >= 0.6 is 0 Å². The molecule has 1 aromatic heterocycles. The summed E-state index contributed by atoms with van der Waals surface area (Å²) < 4.78 is 0. The normalized spacial score (nSPS) is 11.7. The van der Waals surface area contributed by atoms with Gasteiger partial charge in [-0.3, -0.25) is 10.1 Å². The molecular weight excluding hydrogens is 236 g/mol. The molecule has 0 aliphatic rings. The SMILES string of the molecule is CC(O)CCN(C)c1ccc([N+](=O)[O-])c(C#N)n1. The van der Waals surface area contributed by atoms with E-state index in [2.05, 4.69) is 4.98 Å². The number of anilines is 1. The highest BCUT2D eigenvalue weighted by Crippen LogP contribution is 2.20. The molecule has 7 heteroatoms. The number of nitrogens with zero attached hydrogens (tertiary/aromatic N) is 4. The van der Waals surface area contributed by atoms with Crippen LogP contribution in [-0.4, -0.2) is 34.7 Å². The van der Waals surface area contributed by atoms with E-state index in [0.29, 0.717) is 18.8 Å². The summed E-state index contributed by atoms with van der Waals surface area (Å²) in [5.74, 6) is 0.470. The Labute approximate surface area is 104 Å². The maximum absolute atomic E-state index is 10.6. The van der Waals surface area contributed by atoms with Crippen LogP contribution in [0.4, 0.5) is 11.5 Å². The number of nitriles is 1. The highest BCUT2D eigenvalue weighted by atomic mass is 16.6. The van der Waals surface area contributed by atoms with Gasteiger partial charge in [0.05, 0.1) is 11.0 Å². The number of hydrogen-bond acceptors (Lipinski definition) is 6. The highest BCUT2D eigenvalue weighted by Gasteiger charge is 2.16. The molecule has 0 saturated carbocycles. The Bertz CT molecular complexity index is 482. The summed E-state index contributed by atoms with van der Waals surface area (Å²) in [4.78, 5) is 15.7. The molecule has 0 amide bonds. The van der Waals surface area contributed by atoms with Gasteiger partial charge in [0, 0.05) is 19.7 Å². The summed E-state index contributed by atoms with van der Waals surface area (Å²) in [6.45, 7) is 2.23. The van der Waals surface area contributed by atoms with Crippen LogP contribution in [0.15, 0.2) is 12.1 Å². The average molecular weight is 250 g/mol. The molecule has 0 radical (unpaired) electrons. The lowest BCUT2D eigenvalue weighted by Crippen LogP contribution is -2.23. The largest absolute Gasteiger partial charge is 0.393 e. The molecule has 0 fully saturated rings. The van der Waals surface area contributed by atoms with E-state index in [0.717, 1.165) is 0 Å². The van der Waals surface area contributed by atoms with Gasteiger partial charge in [-0.2, -0.15) is 5.26 Å². The van der Waals surface area contributed by atoms with Crippen LogP contribution in [0.2, 0.25) is 0 Å². The number of rotatable bonds is 5. The monoisotopic (exact) mass is 250 g/mol. The van der Waals surface area contributed by atoms with Crippen LogP contribution in [0, 0.1) is 21.4 Å². The number of aliphatic hydroxyl groups excluding tert-OH is 1. The molecule has 0 saturated heterocycles. The van der Waals surface area contributed by atoms with E-state index in [-0.39, 0.29) is 11.4 Å². The minimum absolute atomic E-state index is 0.207. The van der Waals surface area contributed by atoms with E-state index in [9.17, 15) is 15.2 Å². The van der Waals surface area contributed by atoms with Crippen molar-refractivity contribution in [3.8, 4) is 6.07 Å². The number of aromatic nitrogens is 1. The third-order valence-corrected chi connectivity index (χ3v) is 2.44. The van der Waals surface area contributed by atoms with E-state index in [1.165, 1.54) is 12.1 Å². The van der Waals surface area contributed by atoms with Crippen molar-refractivity contribution in [2.45, 2.75) is 19.4 Å². The standard InChI is InChI=1S/C11H14N4O3/c1-8(16)5-6-14(2)11-4-3-10(15(17)18)9(7-12)13-11/h3-4,8,16H,5-6H2,1-2H3. The lowest BCUT2D eigenvalue weighted by atomic mass is 10.2. The molecular formula is C11H14N4O3. The highest BCUT2D eigenvalue weighted by molar-refractivity contribution is 5.51. The molecule has 1 unspecified atom stereocenters. The fourth-order valence-corrected chi connectivity index (χ4v) is 1.38. The minimum atomic E-state index is -0.634. The van der Waals surface area contributed by atoms with Gasteiger partial charge < -0.3 is 10.0 Å². The lowest BCUT2D eigenvalue weighted by Gasteiger charge is -2.18. The molecule has 0 aromatic carbocycles. The lowest BCUT2D eigenvalue weighted by molar-refractivity contribution is -0.385. The van der Waals surface area contributed by atoms with Gasteiger partial charge in [-0.1, -0.05) is 0 Å². The fraction of sp³-hybridized carbons (Fsp3) is 0.455. The van der Waals surface area contributed by atoms with E-state index < -0.39 is 11.0 Å². The van der Waals surface area contributed by atoms with E-state index in [4.69, 9.17) is 5.26 Å². The molecule has 1 rings (SSSR count). The zero-order valence-corrected chi connectivity index (χ0v) is 10.2. The topological polar surface area (TPSA) is 103 Å². The maximum atomic E-state index is 10.6. The third kappa shape index (κ3) is 3.40. The van der Waals surface area contributed by atoms with E-state index in [1.54, 1.807) is 24.9 Å². The first-order valence-electron chi connectivity index (χ1n) is 5.40. The van der Waals surface area contributed by atoms with Gasteiger partial charge in [-0.25, -0.2) is 4.98 Å². The summed E-state index contributed by atoms with van der Waals surface area (Å²) >= 11 is 0. The molecule has 1 heterocycles. The van der Waals surface area contributed by atoms with Crippen LogP contribution in [0.25, 0.3) is 0 Å². The Morgan fingerprint density at radius 1 is 1.67 bits per heavy atom. The summed E-state index contributed by atoms with van der Waals surface area (Å²) in [5.41, 5.74) is -0.508. The Balaban J connectivity index is 2.92. The second kappa shape index (κ2) is 5.93. The Morgan fingerprint density at radius 2 is 2.33 bits per heavy atom. The Morgan fingerprint density at radius 3 is 2.83 bits per heavy atom. The number of nitro groups is 1. The van der Waals surface area contributed by atoms with Gasteiger partial charge in [0.15, 0.2) is 0 Å². The minimum Gasteiger partial charge on any atom is -0.393 e. The van der Waals surface area contributed by atoms with Gasteiger partial charge >= 0.3 is 5.69 Å². The zero-order chi connectivity index (χ0) is 13.7. The molecule has 1 atom stereocenters. The van der Waals surface area contributed by atoms with Crippen molar-refractivity contribution < 1.29 is 10.0 Å². The predicted octanol–water partition coefficient (Wildman–Crippen LogP) is 1.07. The van der Waals surface area contributed by atoms with Crippen LogP contribution in [0.5, 0.6) is 0 Å². The summed E-state index contributed by atoms with van der Waals surface area (Å²) in [6, 6.07) is 4.46. The summed E-state index contributed by atoms with van der Waals surface area (Å²) in [5, 5.41) is 28.6. The quantitative estimate of drug-likeness (QED) is 0.619. The van der Waals surface area contributed by atoms with Crippen molar-refractivity contribution in [2.75, 3.05) is 18.5 Å². The molecule has 0 spiro atoms. The summed E-state index contributed by atoms with van der Waals surface area (Å²) in [7, 11) is 1.75. The van der Waals surface area contributed by atoms with Crippen LogP contribution < -0.4 is 4.90 Å². The first-order chi connectivity index (χ1) is 8.45. The average Bonchev–Trinajstić information content (AvgIpc) is 2.34. The molecule has 96 valence electrons. The van der Waals surface area contributed by atoms with Gasteiger partial charge in [-0.15, -0.1) is 0 Å². The van der Waals surface area contributed by atoms with Crippen molar-refractivity contribution >= 4 is 11.5 Å². The number of aliphatic hydroxyl groups is 1. The molecule has 1 aromatic rings. The fourth-order valence-electron chi connectivity index (χ4n) is 1.38. The first-order valence-corrected chi connectivity index (χ1v) is 5.40. The van der Waals surface area contributed by atoms with Crippen LogP contribution in [0.3, 0.4) is 0 Å². The maximum Gasteiger partial charge on any atom is 0.305 e. The Hall–Kier alpha value is -2.20. The van der Waals surface area contributed by atoms with Crippen LogP contribution in [-0.2, 0) is 0 Å².